The summed E-state index contributed by atoms with van der Waals surface area (Å²) in [6.45, 7) is 4.64. The molecule has 4 aliphatic carbocycles. The smallest absolute Gasteiger partial charge is 0.241 e. The molecule has 0 aromatic heterocycles. The Labute approximate surface area is 180 Å². The highest BCUT2D eigenvalue weighted by atomic mass is 32.2. The first-order chi connectivity index (χ1) is 14.4. The fourth-order valence-electron chi connectivity index (χ4n) is 7.26. The van der Waals surface area contributed by atoms with Crippen molar-refractivity contribution in [2.45, 2.75) is 69.7 Å². The van der Waals surface area contributed by atoms with Crippen LogP contribution in [-0.4, -0.2) is 21.1 Å². The van der Waals surface area contributed by atoms with Gasteiger partial charge in [-0.25, -0.2) is 13.1 Å². The van der Waals surface area contributed by atoms with Crippen LogP contribution in [-0.2, 0) is 10.0 Å². The molecule has 0 heterocycles. The van der Waals surface area contributed by atoms with Crippen molar-refractivity contribution in [3.05, 3.63) is 36.4 Å². The first-order valence-corrected chi connectivity index (χ1v) is 13.1. The molecule has 0 unspecified atom stereocenters. The number of hydrogen-bond donors (Lipinski definition) is 1. The third-order valence-corrected chi connectivity index (χ3v) is 9.49. The third kappa shape index (κ3) is 3.34. The van der Waals surface area contributed by atoms with Gasteiger partial charge in [0.1, 0.15) is 5.75 Å². The minimum atomic E-state index is -3.63. The second-order valence-electron chi connectivity index (χ2n) is 9.90. The lowest BCUT2D eigenvalue weighted by atomic mass is 9.47. The van der Waals surface area contributed by atoms with Crippen LogP contribution in [0.3, 0.4) is 0 Å². The SMILES string of the molecule is CCOc1ccc(S(=O)(=O)N[C@@H](CC)C23CC4CC(CC(C4)C2)C3)c2ccccc12. The highest BCUT2D eigenvalue weighted by Crippen LogP contribution is 2.61. The Hall–Kier alpha value is -1.59. The number of benzene rings is 2. The zero-order valence-corrected chi connectivity index (χ0v) is 18.9. The van der Waals surface area contributed by atoms with E-state index in [1.807, 2.05) is 31.2 Å². The van der Waals surface area contributed by atoms with Crippen molar-refractivity contribution in [1.29, 1.82) is 0 Å². The van der Waals surface area contributed by atoms with Crippen molar-refractivity contribution in [1.82, 2.24) is 4.72 Å². The minimum Gasteiger partial charge on any atom is -0.493 e. The molecule has 1 atom stereocenters. The van der Waals surface area contributed by atoms with Gasteiger partial charge in [-0.05, 0) is 87.2 Å². The van der Waals surface area contributed by atoms with Crippen molar-refractivity contribution < 1.29 is 13.2 Å². The molecule has 0 aliphatic heterocycles. The molecule has 4 fully saturated rings. The molecule has 1 N–H and O–H groups in total. The Morgan fingerprint density at radius 1 is 0.967 bits per heavy atom. The van der Waals surface area contributed by atoms with Crippen molar-refractivity contribution in [2.24, 2.45) is 23.2 Å². The Morgan fingerprint density at radius 3 is 2.13 bits per heavy atom. The summed E-state index contributed by atoms with van der Waals surface area (Å²) in [6, 6.07) is 11.2. The van der Waals surface area contributed by atoms with Gasteiger partial charge in [0.15, 0.2) is 0 Å². The molecule has 4 nitrogen and oxygen atoms in total. The van der Waals surface area contributed by atoms with Crippen LogP contribution in [0.4, 0.5) is 0 Å². The van der Waals surface area contributed by atoms with E-state index in [0.29, 0.717) is 11.5 Å². The van der Waals surface area contributed by atoms with E-state index >= 15 is 0 Å². The standard InChI is InChI=1S/C25H33NO3S/c1-3-24(25-14-17-11-18(15-25)13-19(12-17)16-25)26-30(27,28)23-10-9-22(29-4-2)20-7-5-6-8-21(20)23/h5-10,17-19,24,26H,3-4,11-16H2,1-2H3/t17?,18?,19?,24-,25?/m0/s1. The quantitative estimate of drug-likeness (QED) is 0.634. The van der Waals surface area contributed by atoms with Crippen molar-refractivity contribution in [3.63, 3.8) is 0 Å². The van der Waals surface area contributed by atoms with E-state index in [1.54, 1.807) is 12.1 Å². The molecule has 4 aliphatic rings. The maximum absolute atomic E-state index is 13.6. The van der Waals surface area contributed by atoms with E-state index in [1.165, 1.54) is 38.5 Å². The first kappa shape index (κ1) is 20.3. The van der Waals surface area contributed by atoms with E-state index in [0.717, 1.165) is 40.7 Å². The molecule has 0 spiro atoms. The number of hydrogen-bond acceptors (Lipinski definition) is 3. The van der Waals surface area contributed by atoms with Crippen LogP contribution in [0.1, 0.15) is 58.8 Å². The largest absolute Gasteiger partial charge is 0.493 e. The average molecular weight is 428 g/mol. The minimum absolute atomic E-state index is 0.0150. The molecule has 30 heavy (non-hydrogen) atoms. The Morgan fingerprint density at radius 2 is 1.57 bits per heavy atom. The number of ether oxygens (including phenoxy) is 1. The van der Waals surface area contributed by atoms with Crippen LogP contribution in [0.15, 0.2) is 41.3 Å². The summed E-state index contributed by atoms with van der Waals surface area (Å²) in [4.78, 5) is 0.365. The molecule has 4 bridgehead atoms. The highest BCUT2D eigenvalue weighted by molar-refractivity contribution is 7.89. The number of fused-ring (bicyclic) bond motifs is 1. The summed E-state index contributed by atoms with van der Waals surface area (Å²) in [5, 5.41) is 1.58. The molecule has 2 aromatic carbocycles. The maximum Gasteiger partial charge on any atom is 0.241 e. The van der Waals surface area contributed by atoms with E-state index in [2.05, 4.69) is 11.6 Å². The normalized spacial score (nSPS) is 31.2. The van der Waals surface area contributed by atoms with Gasteiger partial charge in [-0.3, -0.25) is 0 Å². The number of rotatable bonds is 7. The van der Waals surface area contributed by atoms with Crippen molar-refractivity contribution >= 4 is 20.8 Å². The van der Waals surface area contributed by atoms with Gasteiger partial charge in [0.2, 0.25) is 10.0 Å². The fraction of sp³-hybridized carbons (Fsp3) is 0.600. The predicted octanol–water partition coefficient (Wildman–Crippen LogP) is 5.51. The average Bonchev–Trinajstić information content (AvgIpc) is 2.71. The monoisotopic (exact) mass is 427 g/mol. The van der Waals surface area contributed by atoms with Crippen LogP contribution in [0.2, 0.25) is 0 Å². The van der Waals surface area contributed by atoms with Gasteiger partial charge in [-0.15, -0.1) is 0 Å². The molecule has 5 heteroatoms. The second kappa shape index (κ2) is 7.52. The number of nitrogens with one attached hydrogen (secondary N) is 1. The number of sulfonamides is 1. The summed E-state index contributed by atoms with van der Waals surface area (Å²) in [5.41, 5.74) is 0.150. The topological polar surface area (TPSA) is 55.4 Å². The van der Waals surface area contributed by atoms with Crippen LogP contribution in [0.25, 0.3) is 10.8 Å². The molecule has 0 radical (unpaired) electrons. The molecule has 6 rings (SSSR count). The lowest BCUT2D eigenvalue weighted by Gasteiger charge is -2.59. The summed E-state index contributed by atoms with van der Waals surface area (Å²) < 4.78 is 36.2. The highest BCUT2D eigenvalue weighted by Gasteiger charge is 2.54. The molecule has 0 amide bonds. The first-order valence-electron chi connectivity index (χ1n) is 11.6. The van der Waals surface area contributed by atoms with E-state index < -0.39 is 10.0 Å². The Bertz CT molecular complexity index is 1010. The lowest BCUT2D eigenvalue weighted by molar-refractivity contribution is -0.0704. The van der Waals surface area contributed by atoms with Gasteiger partial charge in [-0.2, -0.15) is 0 Å². The van der Waals surface area contributed by atoms with Gasteiger partial charge < -0.3 is 4.74 Å². The zero-order valence-electron chi connectivity index (χ0n) is 18.1. The van der Waals surface area contributed by atoms with Crippen LogP contribution in [0.5, 0.6) is 5.75 Å². The third-order valence-electron chi connectivity index (χ3n) is 7.96. The lowest BCUT2D eigenvalue weighted by Crippen LogP contribution is -2.56. The maximum atomic E-state index is 13.6. The Kier molecular flexibility index (Phi) is 5.10. The molecule has 4 saturated carbocycles. The van der Waals surface area contributed by atoms with Gasteiger partial charge in [0.25, 0.3) is 0 Å². The van der Waals surface area contributed by atoms with Crippen molar-refractivity contribution in [2.75, 3.05) is 6.61 Å². The van der Waals surface area contributed by atoms with E-state index in [-0.39, 0.29) is 11.5 Å². The molecular weight excluding hydrogens is 394 g/mol. The van der Waals surface area contributed by atoms with Gasteiger partial charge >= 0.3 is 0 Å². The summed E-state index contributed by atoms with van der Waals surface area (Å²) in [5.74, 6) is 3.16. The van der Waals surface area contributed by atoms with Gasteiger partial charge in [0.05, 0.1) is 11.5 Å². The van der Waals surface area contributed by atoms with Gasteiger partial charge in [0, 0.05) is 16.8 Å². The van der Waals surface area contributed by atoms with E-state index in [4.69, 9.17) is 4.74 Å². The van der Waals surface area contributed by atoms with Crippen molar-refractivity contribution in [3.8, 4) is 5.75 Å². The molecular formula is C25H33NO3S. The van der Waals surface area contributed by atoms with Gasteiger partial charge in [-0.1, -0.05) is 31.2 Å². The summed E-state index contributed by atoms with van der Waals surface area (Å²) in [7, 11) is -3.63. The van der Waals surface area contributed by atoms with E-state index in [9.17, 15) is 8.42 Å². The Balaban J connectivity index is 1.49. The predicted molar refractivity (Wildman–Crippen MR) is 120 cm³/mol. The fourth-order valence-corrected chi connectivity index (χ4v) is 8.89. The summed E-state index contributed by atoms with van der Waals surface area (Å²) in [6.07, 6.45) is 8.54. The molecule has 0 saturated heterocycles. The van der Waals surface area contributed by atoms with Crippen LogP contribution < -0.4 is 9.46 Å². The second-order valence-corrected chi connectivity index (χ2v) is 11.6. The van der Waals surface area contributed by atoms with Crippen LogP contribution >= 0.6 is 0 Å². The molecule has 162 valence electrons. The zero-order chi connectivity index (χ0) is 20.9. The summed E-state index contributed by atoms with van der Waals surface area (Å²) >= 11 is 0. The van der Waals surface area contributed by atoms with Crippen LogP contribution in [0, 0.1) is 23.2 Å². The molecule has 2 aromatic rings.